The second-order valence-electron chi connectivity index (χ2n) is 2.69. The molecule has 2 aromatic rings. The van der Waals surface area contributed by atoms with Crippen molar-refractivity contribution in [2.45, 2.75) is 5.75 Å². The Hall–Kier alpha value is -0.850. The smallest absolute Gasteiger partial charge is 0.159 e. The summed E-state index contributed by atoms with van der Waals surface area (Å²) >= 11 is -0.591. The molecule has 0 saturated carbocycles. The Bertz CT molecular complexity index is 497. The van der Waals surface area contributed by atoms with Crippen molar-refractivity contribution < 1.29 is 13.2 Å². The molecule has 0 aliphatic heterocycles. The highest BCUT2D eigenvalue weighted by Crippen LogP contribution is 2.23. The summed E-state index contributed by atoms with van der Waals surface area (Å²) in [6.07, 6.45) is 0. The van der Waals surface area contributed by atoms with Gasteiger partial charge in [0.25, 0.3) is 0 Å². The molecule has 3 nitrogen and oxygen atoms in total. The number of benzene rings is 1. The Morgan fingerprint density at radius 1 is 1.57 bits per heavy atom. The Labute approximate surface area is 85.9 Å². The van der Waals surface area contributed by atoms with E-state index in [1.807, 2.05) is 0 Å². The molecule has 0 fully saturated rings. The fraction of sp³-hybridized carbons (Fsp3) is 0.125. The summed E-state index contributed by atoms with van der Waals surface area (Å²) in [5, 5.41) is 0.548. The number of hydrogen-bond acceptors (Lipinski definition) is 3. The van der Waals surface area contributed by atoms with E-state index >= 15 is 0 Å². The molecule has 14 heavy (non-hydrogen) atoms. The lowest BCUT2D eigenvalue weighted by Crippen LogP contribution is -1.90. The van der Waals surface area contributed by atoms with Gasteiger partial charge >= 0.3 is 0 Å². The van der Waals surface area contributed by atoms with E-state index in [0.29, 0.717) is 10.5 Å². The van der Waals surface area contributed by atoms with Gasteiger partial charge in [-0.3, -0.25) is 0 Å². The molecule has 1 aromatic carbocycles. The first kappa shape index (κ1) is 9.70. The van der Waals surface area contributed by atoms with Crippen LogP contribution in [-0.2, 0) is 16.8 Å². The van der Waals surface area contributed by atoms with Crippen LogP contribution in [-0.4, -0.2) is 13.7 Å². The van der Waals surface area contributed by atoms with Gasteiger partial charge in [-0.1, -0.05) is 0 Å². The average Bonchev–Trinajstić information content (AvgIpc) is 2.44. The maximum absolute atomic E-state index is 12.8. The molecule has 74 valence electrons. The van der Waals surface area contributed by atoms with Gasteiger partial charge in [-0.25, -0.2) is 13.6 Å². The molecule has 0 amide bonds. The first-order valence-corrected chi connectivity index (χ1v) is 5.87. The number of fused-ring (bicyclic) bond motifs is 1. The molecular weight excluding hydrogens is 225 g/mol. The zero-order valence-corrected chi connectivity index (χ0v) is 8.57. The Morgan fingerprint density at radius 3 is 3.07 bits per heavy atom. The van der Waals surface area contributed by atoms with Crippen LogP contribution in [0.5, 0.6) is 0 Å². The van der Waals surface area contributed by atoms with Crippen molar-refractivity contribution in [2.24, 2.45) is 0 Å². The molecule has 0 saturated heterocycles. The van der Waals surface area contributed by atoms with Crippen molar-refractivity contribution in [3.8, 4) is 0 Å². The Balaban J connectivity index is 2.46. The third-order valence-corrected chi connectivity index (χ3v) is 3.38. The summed E-state index contributed by atoms with van der Waals surface area (Å²) in [6.45, 7) is 0. The van der Waals surface area contributed by atoms with Gasteiger partial charge in [0.05, 0.1) is 10.2 Å². The van der Waals surface area contributed by atoms with E-state index in [0.717, 1.165) is 4.70 Å². The van der Waals surface area contributed by atoms with Gasteiger partial charge in [0.2, 0.25) is 0 Å². The van der Waals surface area contributed by atoms with Crippen LogP contribution in [0.1, 0.15) is 5.01 Å². The minimum atomic E-state index is -1.89. The van der Waals surface area contributed by atoms with Gasteiger partial charge in [0.15, 0.2) is 11.1 Å². The Morgan fingerprint density at radius 2 is 2.36 bits per heavy atom. The van der Waals surface area contributed by atoms with E-state index < -0.39 is 11.1 Å². The number of aromatic nitrogens is 1. The largest absolute Gasteiger partial charge is 0.306 e. The molecule has 0 spiro atoms. The molecule has 1 unspecified atom stereocenters. The molecule has 0 aliphatic carbocycles. The summed E-state index contributed by atoms with van der Waals surface area (Å²) in [4.78, 5) is 4.04. The van der Waals surface area contributed by atoms with E-state index in [4.69, 9.17) is 4.55 Å². The van der Waals surface area contributed by atoms with Crippen LogP contribution in [0, 0.1) is 5.82 Å². The molecule has 2 rings (SSSR count). The van der Waals surface area contributed by atoms with Crippen molar-refractivity contribution in [1.29, 1.82) is 0 Å². The topological polar surface area (TPSA) is 50.2 Å². The third-order valence-electron chi connectivity index (χ3n) is 1.64. The van der Waals surface area contributed by atoms with Gasteiger partial charge in [0.1, 0.15) is 16.6 Å². The summed E-state index contributed by atoms with van der Waals surface area (Å²) in [5.74, 6) is -0.347. The van der Waals surface area contributed by atoms with Crippen molar-refractivity contribution in [1.82, 2.24) is 4.98 Å². The average molecular weight is 231 g/mol. The van der Waals surface area contributed by atoms with Gasteiger partial charge in [-0.05, 0) is 12.1 Å². The van der Waals surface area contributed by atoms with Gasteiger partial charge in [-0.15, -0.1) is 11.3 Å². The molecule has 0 bridgehead atoms. The standard InChI is InChI=1S/C8H6FNO2S2/c9-5-1-2-7-6(3-5)10-8(13-7)4-14(11)12/h1-3H,4H2,(H,11,12). The number of thiazole rings is 1. The minimum absolute atomic E-state index is 0.000958. The van der Waals surface area contributed by atoms with Crippen molar-refractivity contribution in [3.05, 3.63) is 29.0 Å². The van der Waals surface area contributed by atoms with E-state index in [2.05, 4.69) is 4.98 Å². The molecule has 0 aliphatic rings. The van der Waals surface area contributed by atoms with Gasteiger partial charge in [0, 0.05) is 6.07 Å². The van der Waals surface area contributed by atoms with Crippen LogP contribution in [0.3, 0.4) is 0 Å². The summed E-state index contributed by atoms with van der Waals surface area (Å²) in [5.41, 5.74) is 0.537. The first-order chi connectivity index (χ1) is 6.65. The van der Waals surface area contributed by atoms with Gasteiger partial charge < -0.3 is 4.55 Å². The minimum Gasteiger partial charge on any atom is -0.306 e. The number of nitrogens with zero attached hydrogens (tertiary/aromatic N) is 1. The molecule has 1 atom stereocenters. The second kappa shape index (κ2) is 3.72. The molecule has 0 radical (unpaired) electrons. The van der Waals surface area contributed by atoms with E-state index in [1.54, 1.807) is 6.07 Å². The maximum Gasteiger partial charge on any atom is 0.159 e. The number of hydrogen-bond donors (Lipinski definition) is 1. The van der Waals surface area contributed by atoms with Crippen molar-refractivity contribution in [2.75, 3.05) is 0 Å². The van der Waals surface area contributed by atoms with Crippen LogP contribution in [0.25, 0.3) is 10.2 Å². The predicted molar refractivity (Wildman–Crippen MR) is 54.1 cm³/mol. The van der Waals surface area contributed by atoms with E-state index in [1.165, 1.54) is 23.5 Å². The second-order valence-corrected chi connectivity index (χ2v) is 4.73. The lowest BCUT2D eigenvalue weighted by atomic mass is 10.3. The molecule has 1 heterocycles. The molecule has 1 aromatic heterocycles. The van der Waals surface area contributed by atoms with Crippen LogP contribution in [0.4, 0.5) is 4.39 Å². The van der Waals surface area contributed by atoms with Crippen molar-refractivity contribution >= 4 is 32.6 Å². The van der Waals surface area contributed by atoms with Crippen LogP contribution >= 0.6 is 11.3 Å². The third kappa shape index (κ3) is 1.97. The first-order valence-electron chi connectivity index (χ1n) is 3.77. The highest BCUT2D eigenvalue weighted by Gasteiger charge is 2.06. The fourth-order valence-corrected chi connectivity index (χ4v) is 2.67. The van der Waals surface area contributed by atoms with Crippen LogP contribution < -0.4 is 0 Å². The van der Waals surface area contributed by atoms with Crippen LogP contribution in [0.2, 0.25) is 0 Å². The van der Waals surface area contributed by atoms with Crippen molar-refractivity contribution in [3.63, 3.8) is 0 Å². The molecule has 6 heteroatoms. The highest BCUT2D eigenvalue weighted by molar-refractivity contribution is 7.78. The fourth-order valence-electron chi connectivity index (χ4n) is 1.12. The number of halogens is 1. The monoisotopic (exact) mass is 231 g/mol. The Kier molecular flexibility index (Phi) is 2.58. The summed E-state index contributed by atoms with van der Waals surface area (Å²) in [6, 6.07) is 4.28. The zero-order chi connectivity index (χ0) is 10.1. The number of rotatable bonds is 2. The van der Waals surface area contributed by atoms with Crippen LogP contribution in [0.15, 0.2) is 18.2 Å². The maximum atomic E-state index is 12.8. The highest BCUT2D eigenvalue weighted by atomic mass is 32.2. The normalized spacial score (nSPS) is 13.3. The predicted octanol–water partition coefficient (Wildman–Crippen LogP) is 2.16. The SMILES string of the molecule is O=S(O)Cc1nc2cc(F)ccc2s1. The zero-order valence-electron chi connectivity index (χ0n) is 6.94. The van der Waals surface area contributed by atoms with E-state index in [-0.39, 0.29) is 11.6 Å². The summed E-state index contributed by atoms with van der Waals surface area (Å²) in [7, 11) is 0. The molecular formula is C8H6FNO2S2. The quantitative estimate of drug-likeness (QED) is 0.806. The summed E-state index contributed by atoms with van der Waals surface area (Å²) < 4.78 is 32.8. The molecule has 1 N–H and O–H groups in total. The van der Waals surface area contributed by atoms with Gasteiger partial charge in [-0.2, -0.15) is 0 Å². The lowest BCUT2D eigenvalue weighted by Gasteiger charge is -1.86. The van der Waals surface area contributed by atoms with E-state index in [9.17, 15) is 8.60 Å². The lowest BCUT2D eigenvalue weighted by molar-refractivity contribution is 0.563.